The Kier molecular flexibility index (Phi) is 5.05. The van der Waals surface area contributed by atoms with Gasteiger partial charge in [0, 0.05) is 11.8 Å². The van der Waals surface area contributed by atoms with Crippen LogP contribution in [0, 0.1) is 0 Å². The Labute approximate surface area is 53.2 Å². The molecule has 0 radical (unpaired) electrons. The molecular formula is C4H8Cl2O. The fourth-order valence-corrected chi connectivity index (χ4v) is 0.609. The summed E-state index contributed by atoms with van der Waals surface area (Å²) in [6.45, 7) is 0. The molecule has 0 spiro atoms. The normalized spacial score (nSPS) is 14.1. The third kappa shape index (κ3) is 4.39. The van der Waals surface area contributed by atoms with Gasteiger partial charge in [-0.3, -0.25) is 0 Å². The first kappa shape index (κ1) is 7.54. The maximum absolute atomic E-state index is 8.64. The fraction of sp³-hybridized carbons (Fsp3) is 1.00. The van der Waals surface area contributed by atoms with E-state index in [0.29, 0.717) is 12.3 Å². The zero-order valence-electron chi connectivity index (χ0n) is 3.90. The standard InChI is InChI=1S/C4H8Cl2O/c5-2-1-4(7)3-6/h4,7H,1-3H2/t4-/m1/s1. The van der Waals surface area contributed by atoms with Crippen molar-refractivity contribution in [1.29, 1.82) is 0 Å². The maximum Gasteiger partial charge on any atom is 0.0686 e. The van der Waals surface area contributed by atoms with Crippen molar-refractivity contribution >= 4 is 23.2 Å². The number of rotatable bonds is 3. The van der Waals surface area contributed by atoms with Crippen LogP contribution in [-0.2, 0) is 0 Å². The molecule has 7 heavy (non-hydrogen) atoms. The summed E-state index contributed by atoms with van der Waals surface area (Å²) in [5.74, 6) is 0.764. The predicted octanol–water partition coefficient (Wildman–Crippen LogP) is 1.22. The summed E-state index contributed by atoms with van der Waals surface area (Å²) >= 11 is 10.5. The molecule has 1 nitrogen and oxygen atoms in total. The predicted molar refractivity (Wildman–Crippen MR) is 32.1 cm³/mol. The van der Waals surface area contributed by atoms with Crippen molar-refractivity contribution in [3.8, 4) is 0 Å². The molecule has 1 N–H and O–H groups in total. The van der Waals surface area contributed by atoms with Crippen molar-refractivity contribution in [2.24, 2.45) is 0 Å². The number of halogens is 2. The average molecular weight is 143 g/mol. The van der Waals surface area contributed by atoms with Crippen molar-refractivity contribution in [3.63, 3.8) is 0 Å². The van der Waals surface area contributed by atoms with Crippen LogP contribution in [0.3, 0.4) is 0 Å². The highest BCUT2D eigenvalue weighted by Crippen LogP contribution is 1.94. The monoisotopic (exact) mass is 142 g/mol. The summed E-state index contributed by atoms with van der Waals surface area (Å²) in [5, 5.41) is 8.64. The van der Waals surface area contributed by atoms with Gasteiger partial charge in [-0.1, -0.05) is 0 Å². The zero-order valence-corrected chi connectivity index (χ0v) is 5.41. The Morgan fingerprint density at radius 2 is 2.00 bits per heavy atom. The highest BCUT2D eigenvalue weighted by Gasteiger charge is 1.97. The van der Waals surface area contributed by atoms with Crippen LogP contribution in [0.25, 0.3) is 0 Å². The molecule has 0 aromatic heterocycles. The first-order chi connectivity index (χ1) is 3.31. The van der Waals surface area contributed by atoms with E-state index in [0.717, 1.165) is 0 Å². The van der Waals surface area contributed by atoms with E-state index >= 15 is 0 Å². The molecule has 0 saturated carbocycles. The molecule has 0 aliphatic heterocycles. The lowest BCUT2D eigenvalue weighted by atomic mass is 10.3. The molecule has 44 valence electrons. The van der Waals surface area contributed by atoms with Crippen LogP contribution < -0.4 is 0 Å². The van der Waals surface area contributed by atoms with E-state index in [4.69, 9.17) is 28.3 Å². The second-order valence-electron chi connectivity index (χ2n) is 1.29. The molecule has 0 aromatic rings. The van der Waals surface area contributed by atoms with Crippen LogP contribution in [0.15, 0.2) is 0 Å². The molecule has 0 aliphatic rings. The van der Waals surface area contributed by atoms with Gasteiger partial charge in [-0.05, 0) is 6.42 Å². The maximum atomic E-state index is 8.64. The molecule has 0 bridgehead atoms. The Hall–Kier alpha value is 0.540. The lowest BCUT2D eigenvalue weighted by Crippen LogP contribution is -2.07. The molecule has 3 heteroatoms. The minimum absolute atomic E-state index is 0.284. The molecule has 0 amide bonds. The third-order valence-electron chi connectivity index (χ3n) is 0.620. The molecule has 0 saturated heterocycles. The highest BCUT2D eigenvalue weighted by molar-refractivity contribution is 6.19. The van der Waals surface area contributed by atoms with Gasteiger partial charge >= 0.3 is 0 Å². The van der Waals surface area contributed by atoms with Crippen molar-refractivity contribution in [3.05, 3.63) is 0 Å². The van der Waals surface area contributed by atoms with E-state index in [2.05, 4.69) is 0 Å². The number of hydrogen-bond donors (Lipinski definition) is 1. The summed E-state index contributed by atoms with van der Waals surface area (Å²) in [5.41, 5.74) is 0. The molecule has 0 rings (SSSR count). The summed E-state index contributed by atoms with van der Waals surface area (Å²) in [7, 11) is 0. The van der Waals surface area contributed by atoms with Crippen LogP contribution >= 0.6 is 23.2 Å². The highest BCUT2D eigenvalue weighted by atomic mass is 35.5. The molecular weight excluding hydrogens is 135 g/mol. The molecule has 0 heterocycles. The van der Waals surface area contributed by atoms with Crippen LogP contribution in [0.2, 0.25) is 0 Å². The Morgan fingerprint density at radius 3 is 2.14 bits per heavy atom. The van der Waals surface area contributed by atoms with Crippen LogP contribution in [0.1, 0.15) is 6.42 Å². The smallest absolute Gasteiger partial charge is 0.0686 e. The van der Waals surface area contributed by atoms with Crippen LogP contribution in [0.4, 0.5) is 0 Å². The summed E-state index contributed by atoms with van der Waals surface area (Å²) in [6.07, 6.45) is 0.171. The van der Waals surface area contributed by atoms with Crippen LogP contribution in [0.5, 0.6) is 0 Å². The minimum Gasteiger partial charge on any atom is -0.392 e. The molecule has 0 aromatic carbocycles. The number of aliphatic hydroxyl groups excluding tert-OH is 1. The van der Waals surface area contributed by atoms with Crippen molar-refractivity contribution in [2.45, 2.75) is 12.5 Å². The Balaban J connectivity index is 2.83. The number of hydrogen-bond acceptors (Lipinski definition) is 1. The van der Waals surface area contributed by atoms with E-state index in [1.54, 1.807) is 0 Å². The zero-order chi connectivity index (χ0) is 5.70. The van der Waals surface area contributed by atoms with E-state index in [9.17, 15) is 0 Å². The first-order valence-electron chi connectivity index (χ1n) is 2.11. The molecule has 0 unspecified atom stereocenters. The van der Waals surface area contributed by atoms with Gasteiger partial charge in [-0.2, -0.15) is 0 Å². The number of alkyl halides is 2. The minimum atomic E-state index is -0.417. The average Bonchev–Trinajstić information content (AvgIpc) is 1.68. The lowest BCUT2D eigenvalue weighted by Gasteiger charge is -1.99. The van der Waals surface area contributed by atoms with Crippen molar-refractivity contribution < 1.29 is 5.11 Å². The van der Waals surface area contributed by atoms with Gasteiger partial charge in [0.05, 0.1) is 6.10 Å². The number of aliphatic hydroxyl groups is 1. The van der Waals surface area contributed by atoms with E-state index in [1.807, 2.05) is 0 Å². The summed E-state index contributed by atoms with van der Waals surface area (Å²) in [4.78, 5) is 0. The van der Waals surface area contributed by atoms with Gasteiger partial charge in [0.25, 0.3) is 0 Å². The SMILES string of the molecule is O[C@@H](CCl)CCCl. The van der Waals surface area contributed by atoms with E-state index in [-0.39, 0.29) is 5.88 Å². The largest absolute Gasteiger partial charge is 0.392 e. The van der Waals surface area contributed by atoms with Crippen molar-refractivity contribution in [2.75, 3.05) is 11.8 Å². The van der Waals surface area contributed by atoms with Gasteiger partial charge < -0.3 is 5.11 Å². The van der Waals surface area contributed by atoms with Gasteiger partial charge in [-0.25, -0.2) is 0 Å². The molecule has 0 fully saturated rings. The van der Waals surface area contributed by atoms with E-state index in [1.165, 1.54) is 0 Å². The second-order valence-corrected chi connectivity index (χ2v) is 1.97. The fourth-order valence-electron chi connectivity index (χ4n) is 0.203. The van der Waals surface area contributed by atoms with Gasteiger partial charge in [0.2, 0.25) is 0 Å². The van der Waals surface area contributed by atoms with Gasteiger partial charge in [-0.15, -0.1) is 23.2 Å². The van der Waals surface area contributed by atoms with Gasteiger partial charge in [0.15, 0.2) is 0 Å². The van der Waals surface area contributed by atoms with Crippen LogP contribution in [-0.4, -0.2) is 23.0 Å². The molecule has 0 aliphatic carbocycles. The Bertz CT molecular complexity index is 40.7. The quantitative estimate of drug-likeness (QED) is 0.588. The van der Waals surface area contributed by atoms with Crippen molar-refractivity contribution in [1.82, 2.24) is 0 Å². The summed E-state index contributed by atoms with van der Waals surface area (Å²) in [6, 6.07) is 0. The van der Waals surface area contributed by atoms with E-state index < -0.39 is 6.10 Å². The lowest BCUT2D eigenvalue weighted by molar-refractivity contribution is 0.195. The topological polar surface area (TPSA) is 20.2 Å². The summed E-state index contributed by atoms with van der Waals surface area (Å²) < 4.78 is 0. The first-order valence-corrected chi connectivity index (χ1v) is 3.18. The van der Waals surface area contributed by atoms with Gasteiger partial charge in [0.1, 0.15) is 0 Å². The Morgan fingerprint density at radius 1 is 1.43 bits per heavy atom. The molecule has 1 atom stereocenters. The second kappa shape index (κ2) is 4.69. The third-order valence-corrected chi connectivity index (χ3v) is 1.19.